The Balaban J connectivity index is 1.31. The molecule has 0 radical (unpaired) electrons. The van der Waals surface area contributed by atoms with Crippen molar-refractivity contribution in [3.63, 3.8) is 0 Å². The number of carbonyl (C=O) groups excluding carboxylic acids is 1. The van der Waals surface area contributed by atoms with Crippen molar-refractivity contribution in [2.75, 3.05) is 27.4 Å². The fourth-order valence-corrected chi connectivity index (χ4v) is 8.69. The predicted octanol–water partition coefficient (Wildman–Crippen LogP) is 6.15. The number of rotatable bonds is 11. The largest absolute Gasteiger partial charge is 0.493 e. The quantitative estimate of drug-likeness (QED) is 0.221. The van der Waals surface area contributed by atoms with Crippen LogP contribution in [0.3, 0.4) is 0 Å². The van der Waals surface area contributed by atoms with Crippen LogP contribution in [0, 0.1) is 5.41 Å². The first-order chi connectivity index (χ1) is 23.9. The topological polar surface area (TPSA) is 94.2 Å². The van der Waals surface area contributed by atoms with Gasteiger partial charge in [-0.05, 0) is 60.9 Å². The van der Waals surface area contributed by atoms with Gasteiger partial charge in [-0.15, -0.1) is 0 Å². The highest BCUT2D eigenvalue weighted by atomic mass is 17.0. The van der Waals surface area contributed by atoms with Crippen molar-refractivity contribution in [2.45, 2.75) is 94.7 Å². The Morgan fingerprint density at radius 2 is 1.57 bits per heavy atom. The third kappa shape index (κ3) is 6.24. The van der Waals surface area contributed by atoms with E-state index in [-0.39, 0.29) is 12.1 Å². The summed E-state index contributed by atoms with van der Waals surface area (Å²) in [6, 6.07) is 26.7. The molecule has 4 fully saturated rings. The average Bonchev–Trinajstić information content (AvgIpc) is 3.91. The number of hydrogen-bond donors (Lipinski definition) is 0. The van der Waals surface area contributed by atoms with Gasteiger partial charge in [0, 0.05) is 24.2 Å². The second-order valence-electron chi connectivity index (χ2n) is 13.5. The second kappa shape index (κ2) is 14.4. The minimum absolute atomic E-state index is 0.271. The molecule has 3 aliphatic heterocycles. The molecular formula is C39H47NO9. The van der Waals surface area contributed by atoms with Crippen LogP contribution in [0.25, 0.3) is 0 Å². The van der Waals surface area contributed by atoms with Crippen LogP contribution in [0.4, 0.5) is 0 Å². The summed E-state index contributed by atoms with van der Waals surface area (Å²) in [5, 5.41) is 1.59. The number of nitrogens with zero attached hydrogens (tertiary/aromatic N) is 1. The van der Waals surface area contributed by atoms with E-state index in [4.69, 9.17) is 38.1 Å². The van der Waals surface area contributed by atoms with E-state index in [2.05, 4.69) is 55.5 Å². The molecule has 6 atom stereocenters. The lowest BCUT2D eigenvalue weighted by atomic mass is 9.66. The van der Waals surface area contributed by atoms with Crippen LogP contribution in [0.15, 0.2) is 78.9 Å². The third-order valence-corrected chi connectivity index (χ3v) is 11.0. The lowest BCUT2D eigenvalue weighted by Gasteiger charge is -2.53. The van der Waals surface area contributed by atoms with Gasteiger partial charge in [-0.2, -0.15) is 0 Å². The average molecular weight is 674 g/mol. The molecule has 0 amide bonds. The molecule has 10 nitrogen and oxygen atoms in total. The van der Waals surface area contributed by atoms with Crippen LogP contribution in [-0.2, 0) is 45.3 Å². The normalized spacial score (nSPS) is 29.8. The zero-order chi connectivity index (χ0) is 34.0. The van der Waals surface area contributed by atoms with Gasteiger partial charge in [-0.1, -0.05) is 78.9 Å². The molecule has 262 valence electrons. The molecule has 0 aromatic heterocycles. The molecule has 1 saturated carbocycles. The molecule has 1 unspecified atom stereocenters. The maximum atomic E-state index is 13.0. The Labute approximate surface area is 288 Å². The van der Waals surface area contributed by atoms with E-state index in [0.29, 0.717) is 44.0 Å². The van der Waals surface area contributed by atoms with Gasteiger partial charge in [0.2, 0.25) is 6.29 Å². The summed E-state index contributed by atoms with van der Waals surface area (Å²) < 4.78 is 36.6. The first kappa shape index (κ1) is 34.0. The summed E-state index contributed by atoms with van der Waals surface area (Å²) >= 11 is 0. The first-order valence-electron chi connectivity index (χ1n) is 17.4. The van der Waals surface area contributed by atoms with E-state index in [9.17, 15) is 4.79 Å². The molecule has 49 heavy (non-hydrogen) atoms. The fourth-order valence-electron chi connectivity index (χ4n) is 8.69. The Morgan fingerprint density at radius 3 is 2.18 bits per heavy atom. The summed E-state index contributed by atoms with van der Waals surface area (Å²) in [6.07, 6.45) is 1.48. The van der Waals surface area contributed by atoms with Crippen LogP contribution >= 0.6 is 0 Å². The zero-order valence-electron chi connectivity index (χ0n) is 28.7. The van der Waals surface area contributed by atoms with Crippen molar-refractivity contribution >= 4 is 5.97 Å². The molecule has 3 heterocycles. The molecule has 3 aromatic rings. The number of esters is 1. The highest BCUT2D eigenvalue weighted by molar-refractivity contribution is 5.66. The summed E-state index contributed by atoms with van der Waals surface area (Å²) in [5.74, 6) is 0.867. The van der Waals surface area contributed by atoms with Gasteiger partial charge in [-0.25, -0.2) is 4.84 Å². The highest BCUT2D eigenvalue weighted by Gasteiger charge is 2.63. The van der Waals surface area contributed by atoms with Crippen LogP contribution in [-0.4, -0.2) is 75.6 Å². The molecule has 0 bridgehead atoms. The predicted molar refractivity (Wildman–Crippen MR) is 180 cm³/mol. The number of fused-ring (bicyclic) bond motifs is 1. The Kier molecular flexibility index (Phi) is 9.97. The van der Waals surface area contributed by atoms with Gasteiger partial charge in [0.05, 0.1) is 39.6 Å². The highest BCUT2D eigenvalue weighted by Crippen LogP contribution is 2.54. The lowest BCUT2D eigenvalue weighted by Crippen LogP contribution is -2.64. The van der Waals surface area contributed by atoms with Crippen molar-refractivity contribution in [1.29, 1.82) is 0 Å². The number of benzene rings is 3. The van der Waals surface area contributed by atoms with Crippen molar-refractivity contribution in [1.82, 2.24) is 5.23 Å². The van der Waals surface area contributed by atoms with Gasteiger partial charge in [0.1, 0.15) is 6.10 Å². The van der Waals surface area contributed by atoms with E-state index in [1.807, 2.05) is 30.3 Å². The molecule has 3 aromatic carbocycles. The molecule has 0 N–H and O–H groups in total. The third-order valence-electron chi connectivity index (χ3n) is 11.0. The summed E-state index contributed by atoms with van der Waals surface area (Å²) in [7, 11) is 3.25. The number of hydrogen-bond acceptors (Lipinski definition) is 10. The molecule has 0 spiro atoms. The maximum Gasteiger partial charge on any atom is 0.303 e. The molecule has 7 rings (SSSR count). The molecule has 10 heteroatoms. The monoisotopic (exact) mass is 673 g/mol. The van der Waals surface area contributed by atoms with Gasteiger partial charge < -0.3 is 28.4 Å². The van der Waals surface area contributed by atoms with E-state index < -0.39 is 41.6 Å². The van der Waals surface area contributed by atoms with Crippen LogP contribution in [0.5, 0.6) is 11.5 Å². The SMILES string of the molecule is CC[C@]1(Cc2ccc(OC)c(OC)c2)[C@@H]2C[C@@H](C3OCCO3)ON2O[C@H](OC2CCCC2(c2ccccc2)c2ccccc2)[C@@H]1OC(C)=O. The van der Waals surface area contributed by atoms with Crippen molar-refractivity contribution in [2.24, 2.45) is 5.41 Å². The van der Waals surface area contributed by atoms with Gasteiger partial charge >= 0.3 is 5.97 Å². The maximum absolute atomic E-state index is 13.0. The minimum atomic E-state index is -0.959. The van der Waals surface area contributed by atoms with Gasteiger partial charge in [-0.3, -0.25) is 9.63 Å². The minimum Gasteiger partial charge on any atom is -0.493 e. The standard InChI is InChI=1S/C39H47NO9/c1-5-38(25-27-18-19-30(42-3)31(23-27)43-4)33-24-32(36-44-21-22-45-36)48-40(33)49-37(35(38)46-26(2)41)47-34-17-12-20-39(34,28-13-8-6-9-14-28)29-15-10-7-11-16-29/h6-11,13-16,18-19,23,32-37H,5,12,17,20-22,24-25H2,1-4H3/t32-,33-,34?,35-,37-,38-/m0/s1. The zero-order valence-corrected chi connectivity index (χ0v) is 28.7. The summed E-state index contributed by atoms with van der Waals surface area (Å²) in [4.78, 5) is 26.2. The van der Waals surface area contributed by atoms with Gasteiger partial charge in [0.25, 0.3) is 0 Å². The lowest BCUT2D eigenvalue weighted by molar-refractivity contribution is -0.478. The number of ether oxygens (including phenoxy) is 6. The van der Waals surface area contributed by atoms with E-state index in [0.717, 1.165) is 24.8 Å². The van der Waals surface area contributed by atoms with Crippen molar-refractivity contribution < 1.29 is 42.9 Å². The van der Waals surface area contributed by atoms with E-state index in [1.54, 1.807) is 19.4 Å². The van der Waals surface area contributed by atoms with E-state index >= 15 is 0 Å². The van der Waals surface area contributed by atoms with Crippen molar-refractivity contribution in [3.05, 3.63) is 95.6 Å². The number of hydroxylamine groups is 2. The summed E-state index contributed by atoms with van der Waals surface area (Å²) in [5.41, 5.74) is 2.24. The molecular weight excluding hydrogens is 626 g/mol. The van der Waals surface area contributed by atoms with Crippen LogP contribution < -0.4 is 9.47 Å². The Hall–Kier alpha value is -3.51. The number of methoxy groups -OCH3 is 2. The van der Waals surface area contributed by atoms with Crippen LogP contribution in [0.2, 0.25) is 0 Å². The van der Waals surface area contributed by atoms with Crippen LogP contribution in [0.1, 0.15) is 62.6 Å². The second-order valence-corrected chi connectivity index (χ2v) is 13.5. The number of carbonyl (C=O) groups is 1. The first-order valence-corrected chi connectivity index (χ1v) is 17.4. The molecule has 4 aliphatic rings. The molecule has 3 saturated heterocycles. The smallest absolute Gasteiger partial charge is 0.303 e. The summed E-state index contributed by atoms with van der Waals surface area (Å²) in [6.45, 7) is 4.58. The van der Waals surface area contributed by atoms with E-state index in [1.165, 1.54) is 18.1 Å². The molecule has 1 aliphatic carbocycles. The van der Waals surface area contributed by atoms with Crippen molar-refractivity contribution in [3.8, 4) is 11.5 Å². The van der Waals surface area contributed by atoms with Gasteiger partial charge in [0.15, 0.2) is 23.9 Å². The fraction of sp³-hybridized carbons (Fsp3) is 0.513. The Bertz CT molecular complexity index is 1530. The Morgan fingerprint density at radius 1 is 0.898 bits per heavy atom.